The summed E-state index contributed by atoms with van der Waals surface area (Å²) in [5.74, 6) is 0.826. The van der Waals surface area contributed by atoms with E-state index in [0.29, 0.717) is 0 Å². The molecule has 0 heterocycles. The molecule has 0 saturated carbocycles. The van der Waals surface area contributed by atoms with Crippen LogP contribution in [-0.4, -0.2) is 13.4 Å². The molecule has 11 heavy (non-hydrogen) atoms. The van der Waals surface area contributed by atoms with E-state index in [0.717, 1.165) is 12.7 Å². The molecule has 0 aliphatic carbocycles. The third kappa shape index (κ3) is 4.46. The molecule has 1 nitrogen and oxygen atoms in total. The molecule has 2 heteroatoms. The molecule has 0 aliphatic rings. The normalized spacial score (nSPS) is 13.1. The first-order chi connectivity index (χ1) is 5.26. The third-order valence-corrected chi connectivity index (χ3v) is 2.43. The standard InChI is InChI=1S/C9H22BN/c1-5-8-11-10(7-3)9(4)6-2/h9,11H,5-8H2,1-4H3. The lowest BCUT2D eigenvalue weighted by Crippen LogP contribution is -2.36. The minimum Gasteiger partial charge on any atom is -0.356 e. The first-order valence-corrected chi connectivity index (χ1v) is 4.99. The molecule has 0 saturated heterocycles. The Kier molecular flexibility index (Phi) is 6.73. The fraction of sp³-hybridized carbons (Fsp3) is 1.00. The van der Waals surface area contributed by atoms with Gasteiger partial charge in [0.2, 0.25) is 6.85 Å². The van der Waals surface area contributed by atoms with Crippen molar-refractivity contribution in [1.29, 1.82) is 0 Å². The summed E-state index contributed by atoms with van der Waals surface area (Å²) in [6.45, 7) is 11.0. The van der Waals surface area contributed by atoms with Crippen LogP contribution in [0.25, 0.3) is 0 Å². The van der Waals surface area contributed by atoms with Crippen LogP contribution in [-0.2, 0) is 0 Å². The van der Waals surface area contributed by atoms with Gasteiger partial charge in [0.15, 0.2) is 0 Å². The summed E-state index contributed by atoms with van der Waals surface area (Å²) in [6.07, 6.45) is 3.79. The maximum absolute atomic E-state index is 3.57. The summed E-state index contributed by atoms with van der Waals surface area (Å²) in [6, 6.07) is 0. The predicted molar refractivity (Wildman–Crippen MR) is 54.2 cm³/mol. The zero-order valence-electron chi connectivity index (χ0n) is 8.48. The SMILES string of the molecule is CCCNB(CC)C(C)CC. The van der Waals surface area contributed by atoms with Crippen molar-refractivity contribution in [2.45, 2.75) is 52.7 Å². The fourth-order valence-corrected chi connectivity index (χ4v) is 1.36. The molecule has 0 aromatic carbocycles. The summed E-state index contributed by atoms with van der Waals surface area (Å²) in [7, 11) is 0. The maximum atomic E-state index is 3.57. The second-order valence-corrected chi connectivity index (χ2v) is 3.35. The van der Waals surface area contributed by atoms with Crippen LogP contribution in [0.15, 0.2) is 0 Å². The van der Waals surface area contributed by atoms with Crippen LogP contribution >= 0.6 is 0 Å². The molecule has 0 fully saturated rings. The summed E-state index contributed by atoms with van der Waals surface area (Å²) in [5, 5.41) is 3.57. The fourth-order valence-electron chi connectivity index (χ4n) is 1.36. The molecule has 0 radical (unpaired) electrons. The lowest BCUT2D eigenvalue weighted by atomic mass is 9.49. The van der Waals surface area contributed by atoms with Crippen LogP contribution in [0.4, 0.5) is 0 Å². The quantitative estimate of drug-likeness (QED) is 0.581. The summed E-state index contributed by atoms with van der Waals surface area (Å²) in [5.41, 5.74) is 0. The number of hydrogen-bond acceptors (Lipinski definition) is 1. The number of hydrogen-bond donors (Lipinski definition) is 1. The minimum atomic E-state index is 0.736. The average Bonchev–Trinajstić information content (AvgIpc) is 2.05. The van der Waals surface area contributed by atoms with Gasteiger partial charge >= 0.3 is 0 Å². The Morgan fingerprint density at radius 3 is 2.27 bits per heavy atom. The average molecular weight is 155 g/mol. The van der Waals surface area contributed by atoms with Gasteiger partial charge in [0.1, 0.15) is 0 Å². The highest BCUT2D eigenvalue weighted by molar-refractivity contribution is 6.57. The van der Waals surface area contributed by atoms with E-state index in [-0.39, 0.29) is 0 Å². The van der Waals surface area contributed by atoms with Gasteiger partial charge in [0.05, 0.1) is 0 Å². The molecule has 1 N–H and O–H groups in total. The Labute approximate surface area is 72.1 Å². The highest BCUT2D eigenvalue weighted by Crippen LogP contribution is 2.14. The maximum Gasteiger partial charge on any atom is 0.223 e. The zero-order chi connectivity index (χ0) is 8.69. The van der Waals surface area contributed by atoms with Gasteiger partial charge in [-0.1, -0.05) is 46.3 Å². The Morgan fingerprint density at radius 1 is 1.27 bits per heavy atom. The van der Waals surface area contributed by atoms with E-state index < -0.39 is 0 Å². The molecule has 66 valence electrons. The van der Waals surface area contributed by atoms with Gasteiger partial charge in [-0.25, -0.2) is 0 Å². The Morgan fingerprint density at radius 2 is 1.91 bits per heavy atom. The molecular weight excluding hydrogens is 133 g/mol. The molecule has 1 atom stereocenters. The van der Waals surface area contributed by atoms with Crippen molar-refractivity contribution in [2.75, 3.05) is 6.54 Å². The van der Waals surface area contributed by atoms with E-state index in [1.807, 2.05) is 0 Å². The van der Waals surface area contributed by atoms with E-state index in [1.54, 1.807) is 0 Å². The summed E-state index contributed by atoms with van der Waals surface area (Å²) >= 11 is 0. The third-order valence-electron chi connectivity index (χ3n) is 2.43. The van der Waals surface area contributed by atoms with Crippen LogP contribution in [0.5, 0.6) is 0 Å². The molecule has 1 unspecified atom stereocenters. The zero-order valence-corrected chi connectivity index (χ0v) is 8.48. The van der Waals surface area contributed by atoms with Crippen LogP contribution in [0.3, 0.4) is 0 Å². The van der Waals surface area contributed by atoms with Crippen molar-refractivity contribution < 1.29 is 0 Å². The lowest BCUT2D eigenvalue weighted by Gasteiger charge is -2.18. The van der Waals surface area contributed by atoms with Gasteiger partial charge in [-0.3, -0.25) is 0 Å². The topological polar surface area (TPSA) is 12.0 Å². The van der Waals surface area contributed by atoms with Crippen molar-refractivity contribution in [3.05, 3.63) is 0 Å². The van der Waals surface area contributed by atoms with Crippen LogP contribution in [0.1, 0.15) is 40.5 Å². The van der Waals surface area contributed by atoms with Crippen molar-refractivity contribution >= 4 is 6.85 Å². The van der Waals surface area contributed by atoms with Crippen molar-refractivity contribution in [3.8, 4) is 0 Å². The van der Waals surface area contributed by atoms with Gasteiger partial charge in [0.25, 0.3) is 0 Å². The van der Waals surface area contributed by atoms with E-state index in [1.165, 1.54) is 25.7 Å². The number of rotatable bonds is 6. The van der Waals surface area contributed by atoms with Crippen LogP contribution < -0.4 is 5.23 Å². The van der Waals surface area contributed by atoms with Gasteiger partial charge in [0, 0.05) is 0 Å². The summed E-state index contributed by atoms with van der Waals surface area (Å²) < 4.78 is 0. The van der Waals surface area contributed by atoms with Crippen molar-refractivity contribution in [2.24, 2.45) is 0 Å². The Bertz CT molecular complexity index is 85.6. The minimum absolute atomic E-state index is 0.736. The second kappa shape index (κ2) is 6.72. The van der Waals surface area contributed by atoms with E-state index in [9.17, 15) is 0 Å². The van der Waals surface area contributed by atoms with Crippen LogP contribution in [0.2, 0.25) is 12.1 Å². The molecule has 0 rings (SSSR count). The van der Waals surface area contributed by atoms with Crippen molar-refractivity contribution in [3.63, 3.8) is 0 Å². The Balaban J connectivity index is 3.56. The highest BCUT2D eigenvalue weighted by Gasteiger charge is 2.16. The second-order valence-electron chi connectivity index (χ2n) is 3.35. The summed E-state index contributed by atoms with van der Waals surface area (Å²) in [4.78, 5) is 0. The molecule has 0 aliphatic heterocycles. The molecule has 0 spiro atoms. The smallest absolute Gasteiger partial charge is 0.223 e. The first-order valence-electron chi connectivity index (χ1n) is 4.99. The van der Waals surface area contributed by atoms with Crippen LogP contribution in [0, 0.1) is 0 Å². The highest BCUT2D eigenvalue weighted by atomic mass is 14.8. The van der Waals surface area contributed by atoms with Gasteiger partial charge in [-0.2, -0.15) is 0 Å². The molecule has 0 bridgehead atoms. The molecule has 0 amide bonds. The monoisotopic (exact) mass is 155 g/mol. The largest absolute Gasteiger partial charge is 0.356 e. The van der Waals surface area contributed by atoms with Gasteiger partial charge in [-0.05, 0) is 13.0 Å². The molecule has 0 aromatic heterocycles. The van der Waals surface area contributed by atoms with Crippen molar-refractivity contribution in [1.82, 2.24) is 5.23 Å². The van der Waals surface area contributed by atoms with E-state index in [2.05, 4.69) is 32.9 Å². The first kappa shape index (κ1) is 11.0. The molecular formula is C9H22BN. The van der Waals surface area contributed by atoms with Gasteiger partial charge in [-0.15, -0.1) is 0 Å². The van der Waals surface area contributed by atoms with Gasteiger partial charge < -0.3 is 5.23 Å². The molecule has 0 aromatic rings. The number of nitrogens with one attached hydrogen (secondary N) is 1. The van der Waals surface area contributed by atoms with E-state index >= 15 is 0 Å². The van der Waals surface area contributed by atoms with E-state index in [4.69, 9.17) is 0 Å². The Hall–Kier alpha value is 0.0249. The predicted octanol–water partition coefficient (Wildman–Crippen LogP) is 2.80. The lowest BCUT2D eigenvalue weighted by molar-refractivity contribution is 0.779.